The van der Waals surface area contributed by atoms with Gasteiger partial charge in [-0.2, -0.15) is 0 Å². The Bertz CT molecular complexity index is 618. The highest BCUT2D eigenvalue weighted by molar-refractivity contribution is 14.1. The van der Waals surface area contributed by atoms with Gasteiger partial charge in [-0.25, -0.2) is 0 Å². The topological polar surface area (TPSA) is 42.1 Å². The molecule has 1 aliphatic rings. The van der Waals surface area contributed by atoms with Crippen molar-refractivity contribution < 1.29 is 4.74 Å². The zero-order valence-electron chi connectivity index (χ0n) is 8.55. The number of rotatable bonds is 0. The maximum atomic E-state index is 12.2. The van der Waals surface area contributed by atoms with Crippen LogP contribution >= 0.6 is 22.6 Å². The zero-order valence-corrected chi connectivity index (χ0v) is 10.7. The van der Waals surface area contributed by atoms with E-state index in [1.54, 1.807) is 0 Å². The highest BCUT2D eigenvalue weighted by Crippen LogP contribution is 2.18. The number of hydrogen-bond acceptors (Lipinski definition) is 2. The lowest BCUT2D eigenvalue weighted by atomic mass is 10.1. The van der Waals surface area contributed by atoms with Gasteiger partial charge in [0, 0.05) is 32.2 Å². The number of aromatic nitrogens is 1. The Balaban J connectivity index is 2.40. The fraction of sp³-hybridized carbons (Fsp3) is 0.250. The molecule has 16 heavy (non-hydrogen) atoms. The molecular formula is C12H10INO2. The molecule has 0 unspecified atom stereocenters. The SMILES string of the molecule is O=c1c2c([nH]c3ccc(I)cc13)CCOC2. The van der Waals surface area contributed by atoms with Crippen molar-refractivity contribution in [2.45, 2.75) is 13.0 Å². The molecular weight excluding hydrogens is 317 g/mol. The minimum Gasteiger partial charge on any atom is -0.376 e. The first-order valence-electron chi connectivity index (χ1n) is 5.17. The average Bonchev–Trinajstić information content (AvgIpc) is 2.31. The minimum absolute atomic E-state index is 0.113. The van der Waals surface area contributed by atoms with Crippen LogP contribution in [-0.4, -0.2) is 11.6 Å². The van der Waals surface area contributed by atoms with Crippen molar-refractivity contribution in [3.05, 3.63) is 43.2 Å². The number of pyridine rings is 1. The molecule has 4 heteroatoms. The second-order valence-electron chi connectivity index (χ2n) is 3.90. The number of benzene rings is 1. The van der Waals surface area contributed by atoms with Crippen LogP contribution in [0.2, 0.25) is 0 Å². The van der Waals surface area contributed by atoms with Gasteiger partial charge >= 0.3 is 0 Å². The largest absolute Gasteiger partial charge is 0.376 e. The van der Waals surface area contributed by atoms with Gasteiger partial charge in [-0.05, 0) is 40.8 Å². The molecule has 0 saturated carbocycles. The second kappa shape index (κ2) is 3.85. The summed E-state index contributed by atoms with van der Waals surface area (Å²) in [7, 11) is 0. The van der Waals surface area contributed by atoms with Gasteiger partial charge < -0.3 is 9.72 Å². The van der Waals surface area contributed by atoms with Gasteiger partial charge in [-0.1, -0.05) is 0 Å². The van der Waals surface area contributed by atoms with Crippen LogP contribution < -0.4 is 5.43 Å². The first kappa shape index (κ1) is 10.3. The maximum Gasteiger partial charge on any atom is 0.195 e. The minimum atomic E-state index is 0.113. The molecule has 0 bridgehead atoms. The molecule has 2 aromatic rings. The van der Waals surface area contributed by atoms with E-state index in [1.165, 1.54) is 0 Å². The summed E-state index contributed by atoms with van der Waals surface area (Å²) in [6, 6.07) is 5.89. The van der Waals surface area contributed by atoms with Gasteiger partial charge in [0.25, 0.3) is 0 Å². The normalized spacial score (nSPS) is 15.1. The van der Waals surface area contributed by atoms with E-state index < -0.39 is 0 Å². The number of aromatic amines is 1. The molecule has 0 aliphatic carbocycles. The van der Waals surface area contributed by atoms with Crippen LogP contribution in [0.1, 0.15) is 11.3 Å². The van der Waals surface area contributed by atoms with E-state index in [2.05, 4.69) is 27.6 Å². The molecule has 1 N–H and O–H groups in total. The van der Waals surface area contributed by atoms with Crippen LogP contribution in [0.4, 0.5) is 0 Å². The predicted molar refractivity (Wildman–Crippen MR) is 70.6 cm³/mol. The number of ether oxygens (including phenoxy) is 1. The van der Waals surface area contributed by atoms with E-state index in [0.29, 0.717) is 13.2 Å². The third-order valence-electron chi connectivity index (χ3n) is 2.89. The molecule has 0 amide bonds. The lowest BCUT2D eigenvalue weighted by Crippen LogP contribution is -2.21. The van der Waals surface area contributed by atoms with Gasteiger partial charge in [0.15, 0.2) is 5.43 Å². The Hall–Kier alpha value is -0.880. The first-order chi connectivity index (χ1) is 7.75. The van der Waals surface area contributed by atoms with Gasteiger partial charge in [0.05, 0.1) is 13.2 Å². The summed E-state index contributed by atoms with van der Waals surface area (Å²) in [5.41, 5.74) is 2.86. The molecule has 2 heterocycles. The summed E-state index contributed by atoms with van der Waals surface area (Å²) in [4.78, 5) is 15.6. The van der Waals surface area contributed by atoms with E-state index in [4.69, 9.17) is 4.74 Å². The van der Waals surface area contributed by atoms with Crippen LogP contribution in [0.25, 0.3) is 10.9 Å². The smallest absolute Gasteiger partial charge is 0.195 e. The molecule has 0 fully saturated rings. The standard InChI is InChI=1S/C12H10INO2/c13-7-1-2-10-8(5-7)12(15)9-6-16-4-3-11(9)14-10/h1-2,5H,3-4,6H2,(H,14,15). The number of hydrogen-bond donors (Lipinski definition) is 1. The van der Waals surface area contributed by atoms with E-state index in [9.17, 15) is 4.79 Å². The highest BCUT2D eigenvalue weighted by atomic mass is 127. The molecule has 0 atom stereocenters. The monoisotopic (exact) mass is 327 g/mol. The van der Waals surface area contributed by atoms with Gasteiger partial charge in [-0.3, -0.25) is 4.79 Å². The lowest BCUT2D eigenvalue weighted by molar-refractivity contribution is 0.109. The van der Waals surface area contributed by atoms with Gasteiger partial charge in [0.2, 0.25) is 0 Å². The Kier molecular flexibility index (Phi) is 2.48. The quantitative estimate of drug-likeness (QED) is 0.754. The van der Waals surface area contributed by atoms with Crippen molar-refractivity contribution >= 4 is 33.5 Å². The summed E-state index contributed by atoms with van der Waals surface area (Å²) in [6.07, 6.45) is 0.798. The summed E-state index contributed by atoms with van der Waals surface area (Å²) in [6.45, 7) is 1.13. The number of nitrogens with one attached hydrogen (secondary N) is 1. The summed E-state index contributed by atoms with van der Waals surface area (Å²) < 4.78 is 6.41. The summed E-state index contributed by atoms with van der Waals surface area (Å²) in [5.74, 6) is 0. The van der Waals surface area contributed by atoms with E-state index >= 15 is 0 Å². The maximum absolute atomic E-state index is 12.2. The van der Waals surface area contributed by atoms with Gasteiger partial charge in [-0.15, -0.1) is 0 Å². The van der Waals surface area contributed by atoms with Crippen LogP contribution in [0.3, 0.4) is 0 Å². The Morgan fingerprint density at radius 2 is 2.25 bits per heavy atom. The summed E-state index contributed by atoms with van der Waals surface area (Å²) in [5, 5.41) is 0.760. The Morgan fingerprint density at radius 1 is 1.38 bits per heavy atom. The number of halogens is 1. The van der Waals surface area contributed by atoms with Gasteiger partial charge in [0.1, 0.15) is 0 Å². The molecule has 3 rings (SSSR count). The van der Waals surface area contributed by atoms with E-state index in [0.717, 1.165) is 32.2 Å². The van der Waals surface area contributed by atoms with E-state index in [1.807, 2.05) is 18.2 Å². The summed E-state index contributed by atoms with van der Waals surface area (Å²) >= 11 is 2.22. The van der Waals surface area contributed by atoms with Crippen molar-refractivity contribution in [3.8, 4) is 0 Å². The molecule has 1 aromatic heterocycles. The lowest BCUT2D eigenvalue weighted by Gasteiger charge is -2.16. The second-order valence-corrected chi connectivity index (χ2v) is 5.15. The fourth-order valence-corrected chi connectivity index (χ4v) is 2.56. The molecule has 0 spiro atoms. The third-order valence-corrected chi connectivity index (χ3v) is 3.56. The van der Waals surface area contributed by atoms with E-state index in [-0.39, 0.29) is 5.43 Å². The molecule has 1 aromatic carbocycles. The number of fused-ring (bicyclic) bond motifs is 2. The Labute approximate surface area is 106 Å². The van der Waals surface area contributed by atoms with Crippen LogP contribution in [0.15, 0.2) is 23.0 Å². The van der Waals surface area contributed by atoms with Crippen molar-refractivity contribution in [2.24, 2.45) is 0 Å². The zero-order chi connectivity index (χ0) is 11.1. The number of H-pyrrole nitrogens is 1. The average molecular weight is 327 g/mol. The third kappa shape index (κ3) is 1.56. The van der Waals surface area contributed by atoms with Crippen molar-refractivity contribution in [2.75, 3.05) is 6.61 Å². The van der Waals surface area contributed by atoms with Crippen LogP contribution in [0, 0.1) is 3.57 Å². The van der Waals surface area contributed by atoms with Crippen LogP contribution in [0.5, 0.6) is 0 Å². The van der Waals surface area contributed by atoms with Crippen molar-refractivity contribution in [1.29, 1.82) is 0 Å². The predicted octanol–water partition coefficient (Wildman–Crippen LogP) is 2.21. The van der Waals surface area contributed by atoms with Crippen LogP contribution in [-0.2, 0) is 17.8 Å². The molecule has 3 nitrogen and oxygen atoms in total. The molecule has 82 valence electrons. The first-order valence-corrected chi connectivity index (χ1v) is 6.24. The molecule has 0 saturated heterocycles. The van der Waals surface area contributed by atoms with Crippen molar-refractivity contribution in [1.82, 2.24) is 4.98 Å². The molecule has 1 aliphatic heterocycles. The molecule has 0 radical (unpaired) electrons. The van der Waals surface area contributed by atoms with Crippen molar-refractivity contribution in [3.63, 3.8) is 0 Å². The fourth-order valence-electron chi connectivity index (χ4n) is 2.07. The highest BCUT2D eigenvalue weighted by Gasteiger charge is 2.15. The Morgan fingerprint density at radius 3 is 3.12 bits per heavy atom.